The van der Waals surface area contributed by atoms with Crippen LogP contribution in [0.15, 0.2) is 24.3 Å². The van der Waals surface area contributed by atoms with Gasteiger partial charge in [-0.25, -0.2) is 13.6 Å². The quantitative estimate of drug-likeness (QED) is 0.828. The molecular weight excluding hydrogens is 359 g/mol. The van der Waals surface area contributed by atoms with E-state index in [1.54, 1.807) is 0 Å². The van der Waals surface area contributed by atoms with Crippen LogP contribution in [0.25, 0.3) is 0 Å². The van der Waals surface area contributed by atoms with E-state index in [1.807, 2.05) is 0 Å². The number of rotatable bonds is 4. The molecule has 0 saturated heterocycles. The number of carbonyl (C=O) groups is 2. The zero-order valence-corrected chi connectivity index (χ0v) is 13.0. The molecule has 116 valence electrons. The highest BCUT2D eigenvalue weighted by molar-refractivity contribution is 7.20. The second-order valence-electron chi connectivity index (χ2n) is 3.99. The van der Waals surface area contributed by atoms with Crippen LogP contribution in [0.3, 0.4) is 0 Å². The Morgan fingerprint density at radius 1 is 1.23 bits per heavy atom. The maximum atomic E-state index is 13.3. The molecule has 0 unspecified atom stereocenters. The van der Waals surface area contributed by atoms with E-state index in [0.717, 1.165) is 29.5 Å². The smallest absolute Gasteiger partial charge is 0.341 e. The van der Waals surface area contributed by atoms with Crippen LogP contribution in [-0.2, 0) is 9.53 Å². The fraction of sp³-hybridized carbons (Fsp3) is 0.0769. The molecule has 22 heavy (non-hydrogen) atoms. The fourth-order valence-electron chi connectivity index (χ4n) is 1.47. The minimum absolute atomic E-state index is 0.0291. The van der Waals surface area contributed by atoms with Crippen molar-refractivity contribution >= 4 is 52.1 Å². The highest BCUT2D eigenvalue weighted by Gasteiger charge is 2.17. The van der Waals surface area contributed by atoms with Gasteiger partial charge in [0.15, 0.2) is 6.61 Å². The summed E-state index contributed by atoms with van der Waals surface area (Å²) in [4.78, 5) is 23.3. The van der Waals surface area contributed by atoms with Crippen molar-refractivity contribution in [2.45, 2.75) is 0 Å². The monoisotopic (exact) mass is 365 g/mol. The number of carbonyl (C=O) groups excluding carboxylic acids is 2. The standard InChI is InChI=1S/C13H7Cl2F2NO3S/c14-10-4-7(12(15)22-10)13(20)21-5-11(19)18-9-3-6(16)1-2-8(9)17/h1-4H,5H2,(H,18,19). The maximum Gasteiger partial charge on any atom is 0.341 e. The molecule has 2 rings (SSSR count). The summed E-state index contributed by atoms with van der Waals surface area (Å²) in [5.41, 5.74) is -0.320. The minimum Gasteiger partial charge on any atom is -0.452 e. The highest BCUT2D eigenvalue weighted by atomic mass is 35.5. The van der Waals surface area contributed by atoms with Gasteiger partial charge in [-0.15, -0.1) is 11.3 Å². The van der Waals surface area contributed by atoms with Crippen LogP contribution in [-0.4, -0.2) is 18.5 Å². The molecule has 1 heterocycles. The second kappa shape index (κ2) is 7.04. The van der Waals surface area contributed by atoms with E-state index < -0.39 is 30.1 Å². The zero-order chi connectivity index (χ0) is 16.3. The summed E-state index contributed by atoms with van der Waals surface area (Å²) in [7, 11) is 0. The molecule has 1 amide bonds. The van der Waals surface area contributed by atoms with Gasteiger partial charge in [0, 0.05) is 6.07 Å². The number of anilines is 1. The van der Waals surface area contributed by atoms with E-state index in [4.69, 9.17) is 27.9 Å². The third-order valence-electron chi connectivity index (χ3n) is 2.41. The number of nitrogens with one attached hydrogen (secondary N) is 1. The van der Waals surface area contributed by atoms with Crippen LogP contribution in [0.5, 0.6) is 0 Å². The summed E-state index contributed by atoms with van der Waals surface area (Å²) in [5, 5.41) is 2.09. The van der Waals surface area contributed by atoms with Crippen LogP contribution in [0, 0.1) is 11.6 Å². The Balaban J connectivity index is 1.94. The third kappa shape index (κ3) is 4.16. The Hall–Kier alpha value is -1.70. The van der Waals surface area contributed by atoms with Crippen LogP contribution >= 0.6 is 34.5 Å². The average Bonchev–Trinajstić information content (AvgIpc) is 2.79. The number of ether oxygens (including phenoxy) is 1. The van der Waals surface area contributed by atoms with Crippen molar-refractivity contribution in [3.05, 3.63) is 50.1 Å². The molecule has 0 radical (unpaired) electrons. The molecule has 2 aromatic rings. The summed E-state index contributed by atoms with van der Waals surface area (Å²) in [6.45, 7) is -0.682. The summed E-state index contributed by atoms with van der Waals surface area (Å²) >= 11 is 12.4. The van der Waals surface area contributed by atoms with Gasteiger partial charge in [-0.05, 0) is 18.2 Å². The molecule has 1 aromatic heterocycles. The van der Waals surface area contributed by atoms with Crippen molar-refractivity contribution in [3.8, 4) is 0 Å². The second-order valence-corrected chi connectivity index (χ2v) is 6.27. The van der Waals surface area contributed by atoms with Crippen LogP contribution in [0.2, 0.25) is 8.67 Å². The third-order valence-corrected chi connectivity index (χ3v) is 3.90. The molecule has 0 spiro atoms. The summed E-state index contributed by atoms with van der Waals surface area (Å²) in [6, 6.07) is 3.89. The Morgan fingerprint density at radius 3 is 2.59 bits per heavy atom. The SMILES string of the molecule is O=C(COC(=O)c1cc(Cl)sc1Cl)Nc1cc(F)ccc1F. The van der Waals surface area contributed by atoms with Gasteiger partial charge >= 0.3 is 5.97 Å². The molecule has 1 aromatic carbocycles. The Bertz CT molecular complexity index is 736. The molecule has 0 atom stereocenters. The molecular formula is C13H7Cl2F2NO3S. The summed E-state index contributed by atoms with van der Waals surface area (Å²) in [5.74, 6) is -3.19. The van der Waals surface area contributed by atoms with E-state index in [-0.39, 0.29) is 15.6 Å². The van der Waals surface area contributed by atoms with Crippen molar-refractivity contribution in [1.29, 1.82) is 0 Å². The lowest BCUT2D eigenvalue weighted by Crippen LogP contribution is -2.21. The number of hydrogen-bond donors (Lipinski definition) is 1. The molecule has 0 aliphatic rings. The highest BCUT2D eigenvalue weighted by Crippen LogP contribution is 2.31. The van der Waals surface area contributed by atoms with Crippen molar-refractivity contribution in [2.75, 3.05) is 11.9 Å². The largest absolute Gasteiger partial charge is 0.452 e. The molecule has 0 saturated carbocycles. The molecule has 1 N–H and O–H groups in total. The first kappa shape index (κ1) is 16.7. The normalized spacial score (nSPS) is 10.4. The van der Waals surface area contributed by atoms with E-state index >= 15 is 0 Å². The fourth-order valence-corrected chi connectivity index (χ4v) is 2.91. The first-order chi connectivity index (χ1) is 10.4. The molecule has 0 aliphatic heterocycles. The Morgan fingerprint density at radius 2 is 1.95 bits per heavy atom. The predicted octanol–water partition coefficient (Wildman–Crippen LogP) is 4.13. The van der Waals surface area contributed by atoms with E-state index in [2.05, 4.69) is 5.32 Å². The lowest BCUT2D eigenvalue weighted by atomic mass is 10.3. The number of halogens is 4. The number of esters is 1. The van der Waals surface area contributed by atoms with Crippen molar-refractivity contribution < 1.29 is 23.1 Å². The molecule has 9 heteroatoms. The molecule has 0 bridgehead atoms. The van der Waals surface area contributed by atoms with Gasteiger partial charge in [0.05, 0.1) is 15.6 Å². The van der Waals surface area contributed by atoms with Crippen LogP contribution < -0.4 is 5.32 Å². The van der Waals surface area contributed by atoms with Gasteiger partial charge in [-0.1, -0.05) is 23.2 Å². The summed E-state index contributed by atoms with van der Waals surface area (Å²) in [6.07, 6.45) is 0. The summed E-state index contributed by atoms with van der Waals surface area (Å²) < 4.78 is 31.4. The minimum atomic E-state index is -0.844. The average molecular weight is 366 g/mol. The Kier molecular flexibility index (Phi) is 5.33. The molecule has 4 nitrogen and oxygen atoms in total. The number of thiophene rings is 1. The molecule has 0 fully saturated rings. The zero-order valence-electron chi connectivity index (χ0n) is 10.7. The maximum absolute atomic E-state index is 13.3. The van der Waals surface area contributed by atoms with Crippen molar-refractivity contribution in [3.63, 3.8) is 0 Å². The molecule has 0 aliphatic carbocycles. The Labute approximate surface area is 137 Å². The van der Waals surface area contributed by atoms with Gasteiger partial charge in [0.2, 0.25) is 0 Å². The van der Waals surface area contributed by atoms with Gasteiger partial charge in [-0.3, -0.25) is 4.79 Å². The van der Waals surface area contributed by atoms with Crippen molar-refractivity contribution in [1.82, 2.24) is 0 Å². The first-order valence-electron chi connectivity index (χ1n) is 5.73. The topological polar surface area (TPSA) is 55.4 Å². The van der Waals surface area contributed by atoms with Crippen molar-refractivity contribution in [2.24, 2.45) is 0 Å². The van der Waals surface area contributed by atoms with E-state index in [1.165, 1.54) is 6.07 Å². The van der Waals surface area contributed by atoms with Gasteiger partial charge in [0.1, 0.15) is 16.0 Å². The van der Waals surface area contributed by atoms with E-state index in [0.29, 0.717) is 4.34 Å². The predicted molar refractivity (Wildman–Crippen MR) is 79.6 cm³/mol. The van der Waals surface area contributed by atoms with Gasteiger partial charge < -0.3 is 10.1 Å². The van der Waals surface area contributed by atoms with E-state index in [9.17, 15) is 18.4 Å². The first-order valence-corrected chi connectivity index (χ1v) is 7.31. The van der Waals surface area contributed by atoms with Crippen LogP contribution in [0.4, 0.5) is 14.5 Å². The van der Waals surface area contributed by atoms with Gasteiger partial charge in [0.25, 0.3) is 5.91 Å². The number of benzene rings is 1. The lowest BCUT2D eigenvalue weighted by Gasteiger charge is -2.07. The number of amides is 1. The van der Waals surface area contributed by atoms with Gasteiger partial charge in [-0.2, -0.15) is 0 Å². The van der Waals surface area contributed by atoms with Crippen LogP contribution in [0.1, 0.15) is 10.4 Å². The lowest BCUT2D eigenvalue weighted by molar-refractivity contribution is -0.119. The number of hydrogen-bond acceptors (Lipinski definition) is 4.